The molecule has 0 aliphatic heterocycles. The van der Waals surface area contributed by atoms with Gasteiger partial charge < -0.3 is 9.47 Å². The highest BCUT2D eigenvalue weighted by Crippen LogP contribution is 2.14. The monoisotopic (exact) mass is 422 g/mol. The van der Waals surface area contributed by atoms with Crippen molar-refractivity contribution in [2.75, 3.05) is 7.05 Å². The third kappa shape index (κ3) is 4.06. The summed E-state index contributed by atoms with van der Waals surface area (Å²) in [6.07, 6.45) is 0. The fourth-order valence-corrected chi connectivity index (χ4v) is 3.85. The van der Waals surface area contributed by atoms with Gasteiger partial charge >= 0.3 is 5.69 Å². The molecule has 2 heterocycles. The first-order valence-corrected chi connectivity index (χ1v) is 10.1. The van der Waals surface area contributed by atoms with E-state index in [9.17, 15) is 14.0 Å². The summed E-state index contributed by atoms with van der Waals surface area (Å²) in [6, 6.07) is 16.3. The largest absolute Gasteiger partial charge is 0.332 e. The maximum atomic E-state index is 13.4. The molecule has 0 amide bonds. The number of imidazole rings is 1. The van der Waals surface area contributed by atoms with E-state index in [0.717, 1.165) is 16.7 Å². The standard InChI is InChI=1S/C23H24FN5O2/c1-26(13-16-7-5-4-6-8-16)15-19-25-21-20(22(30)28(3)23(31)27(21)2)29(19)14-17-9-11-18(24)12-10-17/h4-12H,13-15H2,1-3H3/p+1. The summed E-state index contributed by atoms with van der Waals surface area (Å²) in [6.45, 7) is 1.71. The smallest absolute Gasteiger partial charge is 0.327 e. The summed E-state index contributed by atoms with van der Waals surface area (Å²) in [5.74, 6) is 0.385. The van der Waals surface area contributed by atoms with Gasteiger partial charge in [0.15, 0.2) is 17.0 Å². The number of hydrogen-bond acceptors (Lipinski definition) is 3. The maximum Gasteiger partial charge on any atom is 0.332 e. The van der Waals surface area contributed by atoms with Gasteiger partial charge in [-0.15, -0.1) is 0 Å². The predicted octanol–water partition coefficient (Wildman–Crippen LogP) is 0.836. The summed E-state index contributed by atoms with van der Waals surface area (Å²) >= 11 is 0. The van der Waals surface area contributed by atoms with Gasteiger partial charge in [0.2, 0.25) is 0 Å². The molecule has 4 rings (SSSR count). The Bertz CT molecular complexity index is 1340. The van der Waals surface area contributed by atoms with Crippen LogP contribution in [0.2, 0.25) is 0 Å². The molecule has 4 aromatic rings. The Hall–Kier alpha value is -3.52. The molecule has 2 aromatic carbocycles. The Kier molecular flexibility index (Phi) is 5.56. The van der Waals surface area contributed by atoms with E-state index in [0.29, 0.717) is 30.1 Å². The Balaban J connectivity index is 1.80. The minimum Gasteiger partial charge on any atom is -0.327 e. The lowest BCUT2D eigenvalue weighted by Gasteiger charge is -2.15. The van der Waals surface area contributed by atoms with Gasteiger partial charge in [-0.25, -0.2) is 14.2 Å². The third-order valence-corrected chi connectivity index (χ3v) is 5.49. The summed E-state index contributed by atoms with van der Waals surface area (Å²) in [5, 5.41) is 0. The average Bonchev–Trinajstić information content (AvgIpc) is 3.11. The van der Waals surface area contributed by atoms with Crippen molar-refractivity contribution in [3.8, 4) is 0 Å². The first kappa shape index (κ1) is 20.7. The molecule has 160 valence electrons. The zero-order valence-corrected chi connectivity index (χ0v) is 17.8. The van der Waals surface area contributed by atoms with Crippen LogP contribution in [0.5, 0.6) is 0 Å². The number of quaternary nitrogens is 1. The van der Waals surface area contributed by atoms with E-state index in [2.05, 4.69) is 24.2 Å². The van der Waals surface area contributed by atoms with E-state index in [-0.39, 0.29) is 11.4 Å². The summed E-state index contributed by atoms with van der Waals surface area (Å²) < 4.78 is 17.7. The van der Waals surface area contributed by atoms with Gasteiger partial charge in [0, 0.05) is 26.2 Å². The van der Waals surface area contributed by atoms with Crippen molar-refractivity contribution in [2.24, 2.45) is 14.1 Å². The number of halogens is 1. The molecule has 1 unspecified atom stereocenters. The zero-order valence-electron chi connectivity index (χ0n) is 17.8. The van der Waals surface area contributed by atoms with Crippen molar-refractivity contribution in [1.29, 1.82) is 0 Å². The lowest BCUT2D eigenvalue weighted by Crippen LogP contribution is -3.06. The van der Waals surface area contributed by atoms with Crippen molar-refractivity contribution in [3.63, 3.8) is 0 Å². The molecule has 0 saturated carbocycles. The Morgan fingerprint density at radius 1 is 0.903 bits per heavy atom. The number of fused-ring (bicyclic) bond motifs is 1. The number of aromatic nitrogens is 4. The van der Waals surface area contributed by atoms with E-state index in [4.69, 9.17) is 0 Å². The second-order valence-corrected chi connectivity index (χ2v) is 7.91. The molecule has 1 N–H and O–H groups in total. The van der Waals surface area contributed by atoms with Crippen LogP contribution >= 0.6 is 0 Å². The van der Waals surface area contributed by atoms with Crippen LogP contribution in [0.1, 0.15) is 17.0 Å². The molecular weight excluding hydrogens is 397 g/mol. The number of rotatable bonds is 6. The third-order valence-electron chi connectivity index (χ3n) is 5.49. The minimum atomic E-state index is -0.416. The number of nitrogens with zero attached hydrogens (tertiary/aromatic N) is 4. The number of hydrogen-bond donors (Lipinski definition) is 1. The van der Waals surface area contributed by atoms with Crippen molar-refractivity contribution >= 4 is 11.2 Å². The van der Waals surface area contributed by atoms with E-state index in [1.54, 1.807) is 19.2 Å². The molecule has 0 bridgehead atoms. The fraction of sp³-hybridized carbons (Fsp3) is 0.261. The number of aryl methyl sites for hydroxylation is 1. The molecule has 0 aliphatic rings. The average molecular weight is 422 g/mol. The van der Waals surface area contributed by atoms with Crippen LogP contribution in [0.3, 0.4) is 0 Å². The number of nitrogens with one attached hydrogen (secondary N) is 1. The molecule has 2 aromatic heterocycles. The second-order valence-electron chi connectivity index (χ2n) is 7.91. The molecular formula is C23H25FN5O2+. The molecule has 0 spiro atoms. The minimum absolute atomic E-state index is 0.315. The van der Waals surface area contributed by atoms with Crippen molar-refractivity contribution < 1.29 is 9.29 Å². The first-order chi connectivity index (χ1) is 14.8. The summed E-state index contributed by atoms with van der Waals surface area (Å²) in [7, 11) is 5.14. The second kappa shape index (κ2) is 8.31. The van der Waals surface area contributed by atoms with Gasteiger partial charge in [-0.05, 0) is 17.7 Å². The van der Waals surface area contributed by atoms with E-state index in [1.807, 2.05) is 22.8 Å². The Morgan fingerprint density at radius 3 is 2.26 bits per heavy atom. The molecule has 0 aliphatic carbocycles. The van der Waals surface area contributed by atoms with Crippen LogP contribution in [-0.4, -0.2) is 25.7 Å². The molecule has 0 radical (unpaired) electrons. The van der Waals surface area contributed by atoms with Gasteiger partial charge in [-0.3, -0.25) is 13.9 Å². The molecule has 1 atom stereocenters. The van der Waals surface area contributed by atoms with Crippen LogP contribution in [0.4, 0.5) is 4.39 Å². The van der Waals surface area contributed by atoms with Crippen LogP contribution in [0, 0.1) is 5.82 Å². The Labute approximate surface area is 178 Å². The van der Waals surface area contributed by atoms with Gasteiger partial charge in [0.05, 0.1) is 7.05 Å². The molecule has 8 heteroatoms. The van der Waals surface area contributed by atoms with Gasteiger partial charge in [-0.1, -0.05) is 42.5 Å². The highest BCUT2D eigenvalue weighted by Gasteiger charge is 2.21. The highest BCUT2D eigenvalue weighted by molar-refractivity contribution is 5.71. The maximum absolute atomic E-state index is 13.4. The lowest BCUT2D eigenvalue weighted by molar-refractivity contribution is -0.908. The van der Waals surface area contributed by atoms with Crippen molar-refractivity contribution in [2.45, 2.75) is 19.6 Å². The quantitative estimate of drug-likeness (QED) is 0.501. The van der Waals surface area contributed by atoms with Crippen LogP contribution < -0.4 is 16.1 Å². The topological polar surface area (TPSA) is 66.3 Å². The van der Waals surface area contributed by atoms with E-state index in [1.165, 1.54) is 34.2 Å². The molecule has 0 saturated heterocycles. The van der Waals surface area contributed by atoms with Crippen LogP contribution in [0.15, 0.2) is 64.2 Å². The van der Waals surface area contributed by atoms with E-state index >= 15 is 0 Å². The molecule has 0 fully saturated rings. The van der Waals surface area contributed by atoms with E-state index < -0.39 is 5.69 Å². The van der Waals surface area contributed by atoms with Crippen molar-refractivity contribution in [1.82, 2.24) is 18.7 Å². The van der Waals surface area contributed by atoms with Crippen molar-refractivity contribution in [3.05, 3.63) is 98.2 Å². The van der Waals surface area contributed by atoms with Gasteiger partial charge in [0.1, 0.15) is 18.9 Å². The zero-order chi connectivity index (χ0) is 22.1. The fourth-order valence-electron chi connectivity index (χ4n) is 3.85. The normalized spacial score (nSPS) is 12.4. The van der Waals surface area contributed by atoms with Crippen LogP contribution in [0.25, 0.3) is 11.2 Å². The van der Waals surface area contributed by atoms with Gasteiger partial charge in [-0.2, -0.15) is 0 Å². The highest BCUT2D eigenvalue weighted by atomic mass is 19.1. The molecule has 31 heavy (non-hydrogen) atoms. The summed E-state index contributed by atoms with van der Waals surface area (Å²) in [4.78, 5) is 31.3. The lowest BCUT2D eigenvalue weighted by atomic mass is 10.2. The SMILES string of the molecule is Cn1c(=O)c2c(nc(C[NH+](C)Cc3ccccc3)n2Cc2ccc(F)cc2)n(C)c1=O. The predicted molar refractivity (Wildman–Crippen MR) is 116 cm³/mol. The Morgan fingerprint density at radius 2 is 1.58 bits per heavy atom. The first-order valence-electron chi connectivity index (χ1n) is 10.1. The summed E-state index contributed by atoms with van der Waals surface area (Å²) in [5.41, 5.74) is 1.97. The number of benzene rings is 2. The van der Waals surface area contributed by atoms with Crippen LogP contribution in [-0.2, 0) is 33.7 Å². The van der Waals surface area contributed by atoms with Gasteiger partial charge in [0.25, 0.3) is 5.56 Å². The molecule has 7 nitrogen and oxygen atoms in total.